The number of rotatable bonds is 1. The molecule has 0 aliphatic heterocycles. The molecule has 2 aromatic rings. The molecule has 0 bridgehead atoms. The van der Waals surface area contributed by atoms with Gasteiger partial charge in [0.2, 0.25) is 0 Å². The van der Waals surface area contributed by atoms with E-state index < -0.39 is 5.91 Å². The van der Waals surface area contributed by atoms with Crippen molar-refractivity contribution in [3.05, 3.63) is 43.1 Å². The van der Waals surface area contributed by atoms with E-state index in [1.54, 1.807) is 6.07 Å². The summed E-state index contributed by atoms with van der Waals surface area (Å²) in [5.74, 6) is -0.757. The first-order valence-electron chi connectivity index (χ1n) is 4.48. The Labute approximate surface area is 121 Å². The van der Waals surface area contributed by atoms with Gasteiger partial charge in [0.1, 0.15) is 11.6 Å². The predicted molar refractivity (Wildman–Crippen MR) is 62.5 cm³/mol. The number of aromatic nitrogens is 2. The molecular weight excluding hydrogens is 279 g/mol. The molecule has 0 saturated carbocycles. The van der Waals surface area contributed by atoms with Gasteiger partial charge in [-0.15, -0.1) is 0 Å². The Kier molecular flexibility index (Phi) is 9.29. The number of para-hydroxylation sites is 1. The molecule has 0 atom stereocenters. The summed E-state index contributed by atoms with van der Waals surface area (Å²) in [6.07, 6.45) is 0. The zero-order valence-electron chi connectivity index (χ0n) is 9.74. The van der Waals surface area contributed by atoms with Crippen molar-refractivity contribution in [2.45, 2.75) is 13.8 Å². The molecular formula is C11H15N3OY-2. The van der Waals surface area contributed by atoms with Gasteiger partial charge in [0.25, 0.3) is 0 Å². The molecule has 1 radical (unpaired) electrons. The number of carbonyl (C=O) groups is 1. The zero-order valence-corrected chi connectivity index (χ0v) is 12.6. The molecule has 4 nitrogen and oxygen atoms in total. The van der Waals surface area contributed by atoms with Crippen molar-refractivity contribution in [2.24, 2.45) is 0 Å². The molecule has 16 heavy (non-hydrogen) atoms. The van der Waals surface area contributed by atoms with Crippen molar-refractivity contribution in [3.63, 3.8) is 0 Å². The van der Waals surface area contributed by atoms with Gasteiger partial charge in [-0.05, 0) is 6.07 Å². The first-order valence-corrected chi connectivity index (χ1v) is 4.48. The first-order chi connectivity index (χ1) is 6.79. The average molecular weight is 294 g/mol. The smallest absolute Gasteiger partial charge is 0.117 e. The zero-order chi connectivity index (χ0) is 10.6. The van der Waals surface area contributed by atoms with E-state index in [1.165, 1.54) is 0 Å². The monoisotopic (exact) mass is 294 g/mol. The summed E-state index contributed by atoms with van der Waals surface area (Å²) in [5.41, 5.74) is 7.87. The number of hydrogen-bond donors (Lipinski definition) is 1. The van der Waals surface area contributed by atoms with E-state index in [0.29, 0.717) is 5.39 Å². The summed E-state index contributed by atoms with van der Waals surface area (Å²) in [6.45, 7) is 4.00. The standard InChI is InChI=1S/C8H7N3O.C2H6.CH3.Y/c9-8(12)7-5-3-1-2-4-6(5)10-11-7;1-2;;/h1-4H,(H3,9,10,11,12);1-2H3;1H3;/q;;-1;/p-1. The molecule has 5 heteroatoms. The van der Waals surface area contributed by atoms with Crippen molar-refractivity contribution in [2.75, 3.05) is 0 Å². The number of nitrogens with zero attached hydrogens (tertiary/aromatic N) is 1. The van der Waals surface area contributed by atoms with Crippen LogP contribution in [0.2, 0.25) is 0 Å². The van der Waals surface area contributed by atoms with Gasteiger partial charge in [-0.2, -0.15) is 5.10 Å². The van der Waals surface area contributed by atoms with Crippen molar-refractivity contribution >= 4 is 16.8 Å². The Morgan fingerprint density at radius 2 is 1.88 bits per heavy atom. The van der Waals surface area contributed by atoms with E-state index >= 15 is 0 Å². The number of fused-ring (bicyclic) bond motifs is 1. The number of benzene rings is 1. The van der Waals surface area contributed by atoms with Crippen molar-refractivity contribution in [1.29, 1.82) is 0 Å². The van der Waals surface area contributed by atoms with Crippen LogP contribution in [-0.4, -0.2) is 16.1 Å². The molecule has 0 saturated heterocycles. The van der Waals surface area contributed by atoms with Crippen LogP contribution in [0.4, 0.5) is 0 Å². The molecule has 0 aliphatic rings. The molecule has 2 N–H and O–H groups in total. The summed E-state index contributed by atoms with van der Waals surface area (Å²) in [6, 6.07) is 7.23. The predicted octanol–water partition coefficient (Wildman–Crippen LogP) is 3.23. The van der Waals surface area contributed by atoms with Gasteiger partial charge in [0.15, 0.2) is 0 Å². The number of nitrogens with one attached hydrogen (secondary N) is 2. The number of aromatic amines is 1. The fourth-order valence-electron chi connectivity index (χ4n) is 1.14. The van der Waals surface area contributed by atoms with E-state index in [2.05, 4.69) is 10.2 Å². The Balaban J connectivity index is 0. The van der Waals surface area contributed by atoms with Crippen LogP contribution in [0.15, 0.2) is 24.3 Å². The third-order valence-corrected chi connectivity index (χ3v) is 1.69. The summed E-state index contributed by atoms with van der Waals surface area (Å²) < 4.78 is 0. The van der Waals surface area contributed by atoms with Gasteiger partial charge in [-0.1, -0.05) is 32.0 Å². The summed E-state index contributed by atoms with van der Waals surface area (Å²) in [5, 5.41) is 7.12. The molecule has 0 fully saturated rings. The number of hydrogen-bond acceptors (Lipinski definition) is 2. The summed E-state index contributed by atoms with van der Waals surface area (Å²) in [7, 11) is 0. The van der Waals surface area contributed by atoms with Crippen LogP contribution in [0, 0.1) is 7.43 Å². The summed E-state index contributed by atoms with van der Waals surface area (Å²) in [4.78, 5) is 10.7. The SMILES string of the molecule is CC.[CH3-].[NH-]C(=O)c1n[nH]c2ccccc12.[Y]. The molecule has 0 spiro atoms. The van der Waals surface area contributed by atoms with Gasteiger partial charge in [-0.3, -0.25) is 5.10 Å². The molecule has 1 amide bonds. The Bertz CT molecular complexity index is 439. The number of amides is 1. The fourth-order valence-corrected chi connectivity index (χ4v) is 1.14. The van der Waals surface area contributed by atoms with Crippen molar-refractivity contribution in [1.82, 2.24) is 10.2 Å². The second-order valence-corrected chi connectivity index (χ2v) is 2.45. The fraction of sp³-hybridized carbons (Fsp3) is 0.182. The molecule has 85 valence electrons. The molecule has 2 rings (SSSR count). The second-order valence-electron chi connectivity index (χ2n) is 2.45. The van der Waals surface area contributed by atoms with E-state index in [1.807, 2.05) is 32.0 Å². The molecule has 1 aromatic carbocycles. The van der Waals surface area contributed by atoms with Gasteiger partial charge in [0, 0.05) is 38.1 Å². The van der Waals surface area contributed by atoms with E-state index in [9.17, 15) is 4.79 Å². The number of H-pyrrole nitrogens is 1. The molecule has 1 aromatic heterocycles. The van der Waals surface area contributed by atoms with Crippen molar-refractivity contribution in [3.8, 4) is 0 Å². The largest absolute Gasteiger partial charge is 0.662 e. The third kappa shape index (κ3) is 3.69. The molecule has 1 heterocycles. The maximum absolute atomic E-state index is 10.7. The average Bonchev–Trinajstić information content (AvgIpc) is 2.64. The minimum absolute atomic E-state index is 0. The minimum atomic E-state index is -0.757. The Morgan fingerprint density at radius 1 is 1.31 bits per heavy atom. The van der Waals surface area contributed by atoms with Crippen LogP contribution >= 0.6 is 0 Å². The quantitative estimate of drug-likeness (QED) is 0.820. The van der Waals surface area contributed by atoms with E-state index in [-0.39, 0.29) is 45.8 Å². The second kappa shape index (κ2) is 8.42. The van der Waals surface area contributed by atoms with Crippen LogP contribution in [0.1, 0.15) is 24.3 Å². The van der Waals surface area contributed by atoms with Gasteiger partial charge < -0.3 is 18.0 Å². The Hall–Kier alpha value is -0.736. The van der Waals surface area contributed by atoms with Gasteiger partial charge >= 0.3 is 0 Å². The van der Waals surface area contributed by atoms with Crippen molar-refractivity contribution < 1.29 is 37.5 Å². The van der Waals surface area contributed by atoms with Crippen LogP contribution in [0.25, 0.3) is 16.6 Å². The van der Waals surface area contributed by atoms with Crippen LogP contribution in [0.5, 0.6) is 0 Å². The topological polar surface area (TPSA) is 69.6 Å². The number of carbonyl (C=O) groups excluding carboxylic acids is 1. The molecule has 0 aliphatic carbocycles. The first kappa shape index (κ1) is 17.7. The normalized spacial score (nSPS) is 8.12. The van der Waals surface area contributed by atoms with Gasteiger partial charge in [-0.25, -0.2) is 0 Å². The van der Waals surface area contributed by atoms with Crippen LogP contribution < -0.4 is 0 Å². The minimum Gasteiger partial charge on any atom is -0.662 e. The van der Waals surface area contributed by atoms with Crippen LogP contribution in [-0.2, 0) is 32.7 Å². The van der Waals surface area contributed by atoms with Gasteiger partial charge in [0.05, 0.1) is 5.52 Å². The maximum atomic E-state index is 10.7. The molecule has 0 unspecified atom stereocenters. The van der Waals surface area contributed by atoms with E-state index in [0.717, 1.165) is 5.52 Å². The summed E-state index contributed by atoms with van der Waals surface area (Å²) >= 11 is 0. The van der Waals surface area contributed by atoms with Crippen LogP contribution in [0.3, 0.4) is 0 Å². The maximum Gasteiger partial charge on any atom is 0.117 e. The Morgan fingerprint density at radius 3 is 2.44 bits per heavy atom. The third-order valence-electron chi connectivity index (χ3n) is 1.69. The van der Waals surface area contributed by atoms with E-state index in [4.69, 9.17) is 5.73 Å².